The van der Waals surface area contributed by atoms with Crippen LogP contribution in [0.15, 0.2) is 48.7 Å². The highest BCUT2D eigenvalue weighted by molar-refractivity contribution is 6.05. The lowest BCUT2D eigenvalue weighted by atomic mass is 9.89. The molecular weight excluding hydrogens is 721 g/mol. The molecular formula is C41H45F2N9O4. The van der Waals surface area contributed by atoms with Gasteiger partial charge in [0.2, 0.25) is 23.6 Å². The Kier molecular flexibility index (Phi) is 10.3. The molecule has 3 aromatic heterocycles. The number of rotatable bonds is 5. The Morgan fingerprint density at radius 3 is 2.50 bits per heavy atom. The van der Waals surface area contributed by atoms with E-state index in [0.29, 0.717) is 73.8 Å². The number of carbonyl (C=O) groups excluding carboxylic acids is 3. The highest BCUT2D eigenvalue weighted by Crippen LogP contribution is 2.34. The van der Waals surface area contributed by atoms with Gasteiger partial charge in [-0.3, -0.25) is 34.9 Å². The van der Waals surface area contributed by atoms with Gasteiger partial charge in [-0.25, -0.2) is 18.4 Å². The normalized spacial score (nSPS) is 19.7. The number of aryl methyl sites for hydroxylation is 2. The minimum Gasteiger partial charge on any atom is -0.477 e. The second-order valence-corrected chi connectivity index (χ2v) is 15.2. The predicted molar refractivity (Wildman–Crippen MR) is 207 cm³/mol. The highest BCUT2D eigenvalue weighted by Gasteiger charge is 2.33. The molecule has 292 valence electrons. The number of piperazine rings is 1. The molecule has 5 aromatic rings. The zero-order valence-corrected chi connectivity index (χ0v) is 31.8. The number of nitrogens with one attached hydrogen (secondary N) is 2. The van der Waals surface area contributed by atoms with Crippen LogP contribution in [0.5, 0.6) is 5.88 Å². The van der Waals surface area contributed by atoms with Gasteiger partial charge in [0.15, 0.2) is 0 Å². The number of fused-ring (bicyclic) bond motifs is 7. The summed E-state index contributed by atoms with van der Waals surface area (Å²) >= 11 is 0. The van der Waals surface area contributed by atoms with Crippen molar-refractivity contribution in [3.05, 3.63) is 82.7 Å². The van der Waals surface area contributed by atoms with Crippen LogP contribution >= 0.6 is 0 Å². The molecule has 2 N–H and O–H groups in total. The van der Waals surface area contributed by atoms with Crippen molar-refractivity contribution in [1.82, 2.24) is 34.5 Å². The fourth-order valence-electron chi connectivity index (χ4n) is 8.06. The van der Waals surface area contributed by atoms with Crippen LogP contribution in [0, 0.1) is 24.5 Å². The number of nitrogens with zero attached hydrogens (tertiary/aromatic N) is 7. The van der Waals surface area contributed by atoms with Crippen molar-refractivity contribution in [3.63, 3.8) is 0 Å². The molecule has 0 radical (unpaired) electrons. The Hall–Kier alpha value is -5.70. The number of carbonyl (C=O) groups is 3. The first-order chi connectivity index (χ1) is 27.0. The van der Waals surface area contributed by atoms with Gasteiger partial charge in [0.1, 0.15) is 11.6 Å². The summed E-state index contributed by atoms with van der Waals surface area (Å²) in [7, 11) is 1.83. The first kappa shape index (κ1) is 37.2. The van der Waals surface area contributed by atoms with Crippen LogP contribution in [0.3, 0.4) is 0 Å². The van der Waals surface area contributed by atoms with E-state index in [9.17, 15) is 14.4 Å². The number of amides is 3. The lowest BCUT2D eigenvalue weighted by Crippen LogP contribution is -2.47. The summed E-state index contributed by atoms with van der Waals surface area (Å²) in [5, 5.41) is 9.67. The topological polar surface area (TPSA) is 140 Å². The van der Waals surface area contributed by atoms with E-state index < -0.39 is 29.4 Å². The molecule has 0 spiro atoms. The highest BCUT2D eigenvalue weighted by atomic mass is 19.1. The third-order valence-electron chi connectivity index (χ3n) is 11.1. The van der Waals surface area contributed by atoms with Crippen molar-refractivity contribution < 1.29 is 27.9 Å². The van der Waals surface area contributed by atoms with Crippen molar-refractivity contribution in [2.45, 2.75) is 58.4 Å². The molecule has 3 aliphatic rings. The molecule has 2 bridgehead atoms. The maximum absolute atomic E-state index is 15.2. The van der Waals surface area contributed by atoms with Crippen molar-refractivity contribution >= 4 is 40.4 Å². The number of imide groups is 1. The zero-order valence-electron chi connectivity index (χ0n) is 31.8. The summed E-state index contributed by atoms with van der Waals surface area (Å²) in [6, 6.07) is 12.4. The Balaban J connectivity index is 0.959. The monoisotopic (exact) mass is 765 g/mol. The Morgan fingerprint density at radius 1 is 0.946 bits per heavy atom. The molecule has 8 rings (SSSR count). The van der Waals surface area contributed by atoms with Crippen LogP contribution in [0.25, 0.3) is 22.3 Å². The lowest BCUT2D eigenvalue weighted by Gasteiger charge is -2.36. The van der Waals surface area contributed by atoms with Gasteiger partial charge in [-0.1, -0.05) is 13.0 Å². The number of benzene rings is 2. The molecule has 2 saturated heterocycles. The van der Waals surface area contributed by atoms with Gasteiger partial charge in [-0.15, -0.1) is 0 Å². The van der Waals surface area contributed by atoms with E-state index >= 15 is 8.78 Å². The summed E-state index contributed by atoms with van der Waals surface area (Å²) in [6.07, 6.45) is 4.37. The number of piperidine rings is 1. The number of pyridine rings is 1. The van der Waals surface area contributed by atoms with E-state index in [1.165, 1.54) is 12.1 Å². The number of halogens is 2. The van der Waals surface area contributed by atoms with Gasteiger partial charge in [0.05, 0.1) is 41.0 Å². The van der Waals surface area contributed by atoms with E-state index in [1.54, 1.807) is 23.0 Å². The van der Waals surface area contributed by atoms with Gasteiger partial charge < -0.3 is 14.2 Å². The molecule has 3 aliphatic heterocycles. The van der Waals surface area contributed by atoms with E-state index in [2.05, 4.69) is 44.3 Å². The molecule has 6 heterocycles. The number of anilines is 2. The van der Waals surface area contributed by atoms with Crippen molar-refractivity contribution in [2.24, 2.45) is 13.0 Å². The molecule has 15 heteroatoms. The van der Waals surface area contributed by atoms with Gasteiger partial charge in [-0.2, -0.15) is 5.10 Å². The summed E-state index contributed by atoms with van der Waals surface area (Å²) < 4.78 is 40.5. The van der Waals surface area contributed by atoms with Crippen LogP contribution in [0.2, 0.25) is 0 Å². The van der Waals surface area contributed by atoms with Gasteiger partial charge in [0.25, 0.3) is 5.91 Å². The number of aromatic nitrogens is 5. The standard InChI is InChI=1S/C41H45F2N9O4/c1-24-5-4-16-56-40-30(22-44-49(40)3)34-19-27(17-25(2)45-34)38(54)48-41-46-33-8-6-26(18-35(33)52(41)23-24)10-11-50-12-14-51(15-13-50)28-20-31(42)37(32(43)21-28)29-7-9-36(53)47-39(29)55/h6,8,17-22,24,29H,4-5,7,9-16,23H2,1-3H3,(H,46,48,54)(H,47,53,55)/t24-,29-/m1/s1. The van der Waals surface area contributed by atoms with Crippen LogP contribution in [0.1, 0.15) is 65.7 Å². The largest absolute Gasteiger partial charge is 0.477 e. The molecule has 2 fully saturated rings. The quantitative estimate of drug-likeness (QED) is 0.227. The first-order valence-corrected chi connectivity index (χ1v) is 19.2. The number of imidazole rings is 1. The predicted octanol–water partition coefficient (Wildman–Crippen LogP) is 5.36. The average molecular weight is 766 g/mol. The van der Waals surface area contributed by atoms with Gasteiger partial charge in [0, 0.05) is 75.2 Å². The molecule has 13 nitrogen and oxygen atoms in total. The first-order valence-electron chi connectivity index (χ1n) is 19.2. The molecule has 56 heavy (non-hydrogen) atoms. The number of hydrogen-bond acceptors (Lipinski definition) is 9. The molecule has 2 aromatic carbocycles. The second kappa shape index (κ2) is 15.4. The minimum atomic E-state index is -1.02. The Labute approximate surface area is 323 Å². The van der Waals surface area contributed by atoms with Crippen LogP contribution in [-0.2, 0) is 29.6 Å². The summed E-state index contributed by atoms with van der Waals surface area (Å²) in [5.41, 5.74) is 5.55. The molecule has 3 amide bonds. The van der Waals surface area contributed by atoms with Crippen LogP contribution in [0.4, 0.5) is 20.4 Å². The maximum atomic E-state index is 15.2. The van der Waals surface area contributed by atoms with Crippen LogP contribution in [-0.4, -0.2) is 86.3 Å². The maximum Gasteiger partial charge on any atom is 0.258 e. The summed E-state index contributed by atoms with van der Waals surface area (Å²) in [5.74, 6) is -2.56. The van der Waals surface area contributed by atoms with E-state index in [-0.39, 0.29) is 30.2 Å². The molecule has 2 atom stereocenters. The molecule has 0 aliphatic carbocycles. The lowest BCUT2D eigenvalue weighted by molar-refractivity contribution is -0.134. The Bertz CT molecular complexity index is 2310. The minimum absolute atomic E-state index is 0.0490. The van der Waals surface area contributed by atoms with E-state index in [0.717, 1.165) is 48.0 Å². The van der Waals surface area contributed by atoms with E-state index in [4.69, 9.17) is 14.7 Å². The second-order valence-electron chi connectivity index (χ2n) is 15.2. The van der Waals surface area contributed by atoms with Crippen molar-refractivity contribution in [1.29, 1.82) is 0 Å². The zero-order chi connectivity index (χ0) is 39.1. The van der Waals surface area contributed by atoms with Gasteiger partial charge >= 0.3 is 0 Å². The van der Waals surface area contributed by atoms with E-state index in [1.807, 2.05) is 24.9 Å². The summed E-state index contributed by atoms with van der Waals surface area (Å²) in [6.45, 7) is 8.65. The van der Waals surface area contributed by atoms with Crippen molar-refractivity contribution in [3.8, 4) is 17.1 Å². The number of ether oxygens (including phenoxy) is 1. The average Bonchev–Trinajstić information content (AvgIpc) is 3.70. The van der Waals surface area contributed by atoms with Gasteiger partial charge in [-0.05, 0) is 80.5 Å². The summed E-state index contributed by atoms with van der Waals surface area (Å²) in [4.78, 5) is 51.5. The van der Waals surface area contributed by atoms with Crippen LogP contribution < -0.4 is 20.3 Å². The Morgan fingerprint density at radius 2 is 1.73 bits per heavy atom. The molecule has 0 saturated carbocycles. The molecule has 0 unspecified atom stereocenters. The third kappa shape index (κ3) is 7.59. The van der Waals surface area contributed by atoms with Crippen molar-refractivity contribution in [2.75, 3.05) is 49.5 Å². The number of hydrogen-bond donors (Lipinski definition) is 2. The smallest absolute Gasteiger partial charge is 0.258 e. The fraction of sp³-hybridized carbons (Fsp3) is 0.415. The fourth-order valence-corrected chi connectivity index (χ4v) is 8.06. The SMILES string of the molecule is Cc1cc2cc(n1)-c1cnn(C)c1OCCC[C@@H](C)Cn1c(nc3ccc(CCN4CCN(c5cc(F)c([C@H]6CCC(=O)NC6=O)c(F)c5)CC4)cc31)NC2=O. The third-order valence-corrected chi connectivity index (χ3v) is 11.1.